The van der Waals surface area contributed by atoms with E-state index >= 15 is 0 Å². The summed E-state index contributed by atoms with van der Waals surface area (Å²) in [5, 5.41) is 7.84. The van der Waals surface area contributed by atoms with Gasteiger partial charge in [0.05, 0.1) is 6.54 Å². The van der Waals surface area contributed by atoms with E-state index in [4.69, 9.17) is 0 Å². The molecular weight excluding hydrogens is 226 g/mol. The maximum Gasteiger partial charge on any atom is 0.140 e. The predicted molar refractivity (Wildman–Crippen MR) is 72.3 cm³/mol. The van der Waals surface area contributed by atoms with E-state index in [0.717, 1.165) is 38.5 Å². The maximum absolute atomic E-state index is 4.34. The van der Waals surface area contributed by atoms with Crippen LogP contribution in [0.15, 0.2) is 6.33 Å². The van der Waals surface area contributed by atoms with Crippen molar-refractivity contribution >= 4 is 0 Å². The number of hydrogen-bond donors (Lipinski definition) is 1. The average molecular weight is 251 g/mol. The molecule has 0 spiro atoms. The quantitative estimate of drug-likeness (QED) is 0.827. The van der Waals surface area contributed by atoms with Crippen molar-refractivity contribution in [3.8, 4) is 0 Å². The van der Waals surface area contributed by atoms with Crippen LogP contribution in [-0.2, 0) is 13.1 Å². The number of aryl methyl sites for hydroxylation is 1. The average Bonchev–Trinajstić information content (AvgIpc) is 2.85. The highest BCUT2D eigenvalue weighted by Gasteiger charge is 2.19. The summed E-state index contributed by atoms with van der Waals surface area (Å²) >= 11 is 0. The summed E-state index contributed by atoms with van der Waals surface area (Å²) < 4.78 is 1.99. The minimum atomic E-state index is 0.713. The van der Waals surface area contributed by atoms with Crippen molar-refractivity contribution in [1.82, 2.24) is 25.0 Å². The first-order valence-electron chi connectivity index (χ1n) is 7.16. The first-order chi connectivity index (χ1) is 8.83. The van der Waals surface area contributed by atoms with Crippen LogP contribution < -0.4 is 5.32 Å². The van der Waals surface area contributed by atoms with Crippen LogP contribution in [0, 0.1) is 0 Å². The van der Waals surface area contributed by atoms with Gasteiger partial charge in [0.1, 0.15) is 12.2 Å². The van der Waals surface area contributed by atoms with Crippen LogP contribution in [0.5, 0.6) is 0 Å². The molecule has 1 fully saturated rings. The van der Waals surface area contributed by atoms with Crippen LogP contribution in [0.2, 0.25) is 0 Å². The smallest absolute Gasteiger partial charge is 0.140 e. The molecule has 1 aliphatic heterocycles. The zero-order chi connectivity index (χ0) is 12.8. The second kappa shape index (κ2) is 6.85. The molecule has 2 heterocycles. The van der Waals surface area contributed by atoms with E-state index in [2.05, 4.69) is 34.1 Å². The number of nitrogens with zero attached hydrogens (tertiary/aromatic N) is 4. The number of rotatable bonds is 6. The fourth-order valence-corrected chi connectivity index (χ4v) is 2.52. The highest BCUT2D eigenvalue weighted by atomic mass is 15.3. The van der Waals surface area contributed by atoms with Crippen molar-refractivity contribution in [2.24, 2.45) is 0 Å². The van der Waals surface area contributed by atoms with Crippen LogP contribution in [0.25, 0.3) is 0 Å². The Bertz CT molecular complexity index is 341. The molecule has 1 aromatic rings. The van der Waals surface area contributed by atoms with Crippen LogP contribution in [0.1, 0.15) is 38.9 Å². The molecule has 0 bridgehead atoms. The minimum Gasteiger partial charge on any atom is -0.314 e. The van der Waals surface area contributed by atoms with Gasteiger partial charge >= 0.3 is 0 Å². The zero-order valence-electron chi connectivity index (χ0n) is 11.6. The van der Waals surface area contributed by atoms with Crippen molar-refractivity contribution in [3.05, 3.63) is 12.2 Å². The SMILES string of the molecule is CCCNC1CCN(Cc2ncnn2CC)CC1. The van der Waals surface area contributed by atoms with Gasteiger partial charge in [0.15, 0.2) is 0 Å². The van der Waals surface area contributed by atoms with Gasteiger partial charge in [0.25, 0.3) is 0 Å². The molecule has 5 nitrogen and oxygen atoms in total. The molecule has 5 heteroatoms. The van der Waals surface area contributed by atoms with Gasteiger partial charge in [-0.15, -0.1) is 0 Å². The molecule has 18 heavy (non-hydrogen) atoms. The zero-order valence-corrected chi connectivity index (χ0v) is 11.6. The van der Waals surface area contributed by atoms with E-state index in [0.29, 0.717) is 6.04 Å². The molecule has 102 valence electrons. The van der Waals surface area contributed by atoms with Crippen LogP contribution in [0.4, 0.5) is 0 Å². The molecule has 0 aromatic carbocycles. The third kappa shape index (κ3) is 3.53. The van der Waals surface area contributed by atoms with Crippen molar-refractivity contribution < 1.29 is 0 Å². The van der Waals surface area contributed by atoms with E-state index in [1.54, 1.807) is 6.33 Å². The summed E-state index contributed by atoms with van der Waals surface area (Å²) in [6.45, 7) is 9.65. The normalized spacial score (nSPS) is 18.3. The van der Waals surface area contributed by atoms with Gasteiger partial charge in [0.2, 0.25) is 0 Å². The number of hydrogen-bond acceptors (Lipinski definition) is 4. The molecular formula is C13H25N5. The lowest BCUT2D eigenvalue weighted by atomic mass is 10.1. The highest BCUT2D eigenvalue weighted by molar-refractivity contribution is 4.87. The monoisotopic (exact) mass is 251 g/mol. The Morgan fingerprint density at radius 2 is 2.11 bits per heavy atom. The van der Waals surface area contributed by atoms with E-state index < -0.39 is 0 Å². The topological polar surface area (TPSA) is 46.0 Å². The molecule has 0 unspecified atom stereocenters. The lowest BCUT2D eigenvalue weighted by molar-refractivity contribution is 0.184. The number of aromatic nitrogens is 3. The van der Waals surface area contributed by atoms with Gasteiger partial charge in [-0.3, -0.25) is 4.90 Å². The summed E-state index contributed by atoms with van der Waals surface area (Å²) in [6.07, 6.45) is 5.38. The Morgan fingerprint density at radius 3 is 2.78 bits per heavy atom. The molecule has 0 atom stereocenters. The fraction of sp³-hybridized carbons (Fsp3) is 0.846. The van der Waals surface area contributed by atoms with Crippen molar-refractivity contribution in [3.63, 3.8) is 0 Å². The van der Waals surface area contributed by atoms with E-state index in [1.165, 1.54) is 19.3 Å². The van der Waals surface area contributed by atoms with Crippen LogP contribution in [0.3, 0.4) is 0 Å². The van der Waals surface area contributed by atoms with Crippen molar-refractivity contribution in [1.29, 1.82) is 0 Å². The highest BCUT2D eigenvalue weighted by Crippen LogP contribution is 2.12. The Kier molecular flexibility index (Phi) is 5.13. The summed E-state index contributed by atoms with van der Waals surface area (Å²) in [4.78, 5) is 6.83. The Balaban J connectivity index is 1.76. The van der Waals surface area contributed by atoms with Gasteiger partial charge < -0.3 is 5.32 Å². The van der Waals surface area contributed by atoms with Gasteiger partial charge in [-0.05, 0) is 32.7 Å². The van der Waals surface area contributed by atoms with E-state index in [1.807, 2.05) is 4.68 Å². The van der Waals surface area contributed by atoms with Gasteiger partial charge in [-0.25, -0.2) is 9.67 Å². The first kappa shape index (κ1) is 13.5. The fourth-order valence-electron chi connectivity index (χ4n) is 2.52. The Labute approximate surface area is 110 Å². The first-order valence-corrected chi connectivity index (χ1v) is 7.16. The molecule has 1 N–H and O–H groups in total. The number of nitrogens with one attached hydrogen (secondary N) is 1. The number of likely N-dealkylation sites (tertiary alicyclic amines) is 1. The summed E-state index contributed by atoms with van der Waals surface area (Å²) in [6, 6.07) is 0.713. The van der Waals surface area contributed by atoms with Crippen molar-refractivity contribution in [2.75, 3.05) is 19.6 Å². The summed E-state index contributed by atoms with van der Waals surface area (Å²) in [5.74, 6) is 1.09. The van der Waals surface area contributed by atoms with Gasteiger partial charge in [-0.1, -0.05) is 6.92 Å². The Morgan fingerprint density at radius 1 is 1.33 bits per heavy atom. The molecule has 1 aliphatic rings. The largest absolute Gasteiger partial charge is 0.314 e. The third-order valence-electron chi connectivity index (χ3n) is 3.63. The molecule has 1 saturated heterocycles. The van der Waals surface area contributed by atoms with E-state index in [9.17, 15) is 0 Å². The van der Waals surface area contributed by atoms with Gasteiger partial charge in [0, 0.05) is 25.7 Å². The molecule has 0 aliphatic carbocycles. The van der Waals surface area contributed by atoms with Gasteiger partial charge in [-0.2, -0.15) is 5.10 Å². The lowest BCUT2D eigenvalue weighted by Gasteiger charge is -2.32. The summed E-state index contributed by atoms with van der Waals surface area (Å²) in [5.41, 5.74) is 0. The predicted octanol–water partition coefficient (Wildman–Crippen LogP) is 1.26. The van der Waals surface area contributed by atoms with Crippen LogP contribution >= 0.6 is 0 Å². The van der Waals surface area contributed by atoms with E-state index in [-0.39, 0.29) is 0 Å². The number of piperidine rings is 1. The minimum absolute atomic E-state index is 0.713. The lowest BCUT2D eigenvalue weighted by Crippen LogP contribution is -2.42. The van der Waals surface area contributed by atoms with Crippen molar-refractivity contribution in [2.45, 2.75) is 52.2 Å². The van der Waals surface area contributed by atoms with Crippen LogP contribution in [-0.4, -0.2) is 45.3 Å². The second-order valence-electron chi connectivity index (χ2n) is 5.00. The Hall–Kier alpha value is -0.940. The summed E-state index contributed by atoms with van der Waals surface area (Å²) in [7, 11) is 0. The molecule has 1 aromatic heterocycles. The molecule has 0 radical (unpaired) electrons. The third-order valence-corrected chi connectivity index (χ3v) is 3.63. The second-order valence-corrected chi connectivity index (χ2v) is 5.00. The standard InChI is InChI=1S/C13H25N5/c1-3-7-14-12-5-8-17(9-6-12)10-13-15-11-16-18(13)4-2/h11-12,14H,3-10H2,1-2H3. The molecule has 0 amide bonds. The maximum atomic E-state index is 4.34. The molecule has 2 rings (SSSR count). The molecule has 0 saturated carbocycles.